The summed E-state index contributed by atoms with van der Waals surface area (Å²) in [5, 5.41) is 0. The Kier molecular flexibility index (Phi) is 4.50. The summed E-state index contributed by atoms with van der Waals surface area (Å²) in [5.74, 6) is -0.182. The Hall–Kier alpha value is 0.930. The maximum atomic E-state index is 12.0. The number of ether oxygens (including phenoxy) is 1. The van der Waals surface area contributed by atoms with Crippen LogP contribution in [0.5, 0.6) is 5.75 Å². The van der Waals surface area contributed by atoms with Gasteiger partial charge >= 0.3 is 6.36 Å². The van der Waals surface area contributed by atoms with Crippen LogP contribution in [0.3, 0.4) is 0 Å². The van der Waals surface area contributed by atoms with Crippen molar-refractivity contribution < 1.29 is 17.9 Å². The van der Waals surface area contributed by atoms with Crippen molar-refractivity contribution in [2.75, 3.05) is 0 Å². The number of pyridine rings is 1. The largest absolute Gasteiger partial charge is 0.573 e. The first-order chi connectivity index (χ1) is 6.31. The van der Waals surface area contributed by atoms with Gasteiger partial charge in [0.15, 0.2) is 5.75 Å². The third-order valence-corrected chi connectivity index (χ3v) is 4.73. The molecule has 0 saturated carbocycles. The number of aromatic nitrogens is 1. The molecule has 0 bridgehead atoms. The van der Waals surface area contributed by atoms with Crippen LogP contribution < -0.4 is 4.74 Å². The zero-order valence-corrected chi connectivity index (χ0v) is 12.7. The molecule has 0 spiro atoms. The molecule has 0 radical (unpaired) electrons. The molecule has 0 amide bonds. The lowest BCUT2D eigenvalue weighted by atomic mass is 10.5. The van der Waals surface area contributed by atoms with Crippen molar-refractivity contribution in [1.82, 2.24) is 4.98 Å². The van der Waals surface area contributed by atoms with E-state index >= 15 is 0 Å². The zero-order valence-electron chi connectivity index (χ0n) is 6.20. The summed E-state index contributed by atoms with van der Waals surface area (Å²) in [6.45, 7) is 0. The van der Waals surface area contributed by atoms with Gasteiger partial charge in [-0.15, -0.1) is 13.2 Å². The molecule has 1 aromatic heterocycles. The third kappa shape index (κ3) is 3.50. The number of halogens is 6. The van der Waals surface area contributed by atoms with Crippen molar-refractivity contribution in [2.24, 2.45) is 0 Å². The minimum atomic E-state index is -4.66. The fourth-order valence-corrected chi connectivity index (χ4v) is 2.60. The Labute approximate surface area is 118 Å². The maximum Gasteiger partial charge on any atom is 0.573 e. The Bertz CT molecular complexity index is 355. The van der Waals surface area contributed by atoms with Crippen LogP contribution in [0.1, 0.15) is 0 Å². The van der Waals surface area contributed by atoms with Gasteiger partial charge in [0.2, 0.25) is 0 Å². The van der Waals surface area contributed by atoms with E-state index in [4.69, 9.17) is 0 Å². The van der Waals surface area contributed by atoms with E-state index in [1.54, 1.807) is 45.2 Å². The summed E-state index contributed by atoms with van der Waals surface area (Å²) < 4.78 is 41.0. The minimum absolute atomic E-state index is 0.182. The number of alkyl halides is 3. The lowest BCUT2D eigenvalue weighted by Gasteiger charge is -2.12. The maximum absolute atomic E-state index is 12.0. The number of hydrogen-bond acceptors (Lipinski definition) is 2. The van der Waals surface area contributed by atoms with E-state index in [-0.39, 0.29) is 5.75 Å². The van der Waals surface area contributed by atoms with Crippen LogP contribution in [0.2, 0.25) is 0 Å². The molecule has 0 aliphatic heterocycles. The van der Waals surface area contributed by atoms with E-state index in [1.165, 1.54) is 6.20 Å². The molecule has 0 fully saturated rings. The highest BCUT2D eigenvalue weighted by atomic mass is 127. The first kappa shape index (κ1) is 13.0. The molecule has 2 nitrogen and oxygen atoms in total. The Balaban J connectivity index is 3.13. The Morgan fingerprint density at radius 1 is 1.21 bits per heavy atom. The van der Waals surface area contributed by atoms with Gasteiger partial charge in [0.05, 0.1) is 7.14 Å². The van der Waals surface area contributed by atoms with Crippen LogP contribution in [-0.4, -0.2) is 11.3 Å². The summed E-state index contributed by atoms with van der Waals surface area (Å²) in [7, 11) is 0. The van der Waals surface area contributed by atoms with E-state index < -0.39 is 6.36 Å². The van der Waals surface area contributed by atoms with Crippen molar-refractivity contribution in [2.45, 2.75) is 6.36 Å². The fraction of sp³-hybridized carbons (Fsp3) is 0.167. The van der Waals surface area contributed by atoms with Crippen LogP contribution in [0.15, 0.2) is 6.20 Å². The fourth-order valence-electron chi connectivity index (χ4n) is 0.636. The minimum Gasteiger partial charge on any atom is -0.403 e. The summed E-state index contributed by atoms with van der Waals surface area (Å²) in [6, 6.07) is 0. The number of hydrogen-bond donors (Lipinski definition) is 0. The molecular weight excluding hydrogens is 540 g/mol. The first-order valence-electron chi connectivity index (χ1n) is 3.06. The lowest BCUT2D eigenvalue weighted by Crippen LogP contribution is -2.19. The molecule has 0 aliphatic rings. The van der Waals surface area contributed by atoms with Crippen molar-refractivity contribution in [3.8, 4) is 5.75 Å². The molecule has 1 rings (SSSR count). The van der Waals surface area contributed by atoms with Gasteiger partial charge in [-0.3, -0.25) is 0 Å². The predicted molar refractivity (Wildman–Crippen MR) is 69.1 cm³/mol. The summed E-state index contributed by atoms with van der Waals surface area (Å²) >= 11 is 5.37. The van der Waals surface area contributed by atoms with Crippen LogP contribution in [0.25, 0.3) is 0 Å². The van der Waals surface area contributed by atoms with Crippen molar-refractivity contribution in [1.29, 1.82) is 0 Å². The highest BCUT2D eigenvalue weighted by Crippen LogP contribution is 2.33. The van der Waals surface area contributed by atoms with Gasteiger partial charge in [0.1, 0.15) is 3.70 Å². The molecule has 14 heavy (non-hydrogen) atoms. The Morgan fingerprint density at radius 3 is 2.29 bits per heavy atom. The second kappa shape index (κ2) is 4.84. The summed E-state index contributed by atoms with van der Waals surface area (Å²) in [5.41, 5.74) is 0. The van der Waals surface area contributed by atoms with E-state index in [2.05, 4.69) is 9.72 Å². The van der Waals surface area contributed by atoms with Gasteiger partial charge in [0.25, 0.3) is 0 Å². The van der Waals surface area contributed by atoms with Crippen LogP contribution in [-0.2, 0) is 0 Å². The lowest BCUT2D eigenvalue weighted by molar-refractivity contribution is -0.275. The Morgan fingerprint density at radius 2 is 1.79 bits per heavy atom. The molecule has 8 heteroatoms. The normalized spacial score (nSPS) is 11.6. The van der Waals surface area contributed by atoms with Crippen molar-refractivity contribution >= 4 is 67.8 Å². The van der Waals surface area contributed by atoms with E-state index in [0.717, 1.165) is 0 Å². The molecule has 78 valence electrons. The van der Waals surface area contributed by atoms with Crippen LogP contribution in [0, 0.1) is 10.8 Å². The summed E-state index contributed by atoms with van der Waals surface area (Å²) in [6.07, 6.45) is -3.32. The molecule has 1 heterocycles. The van der Waals surface area contributed by atoms with E-state index in [1.807, 2.05) is 22.6 Å². The second-order valence-electron chi connectivity index (χ2n) is 2.09. The average molecular weight is 541 g/mol. The monoisotopic (exact) mass is 541 g/mol. The van der Waals surface area contributed by atoms with Crippen LogP contribution in [0.4, 0.5) is 13.2 Å². The topological polar surface area (TPSA) is 22.1 Å². The van der Waals surface area contributed by atoms with Crippen molar-refractivity contribution in [3.63, 3.8) is 0 Å². The standard InChI is InChI=1S/C6HF3I3NO/c7-6(8,9)14-4-2(10)1-13-5(12)3(4)11/h1H. The predicted octanol–water partition coefficient (Wildman–Crippen LogP) is 3.79. The van der Waals surface area contributed by atoms with E-state index in [9.17, 15) is 13.2 Å². The molecule has 0 aliphatic carbocycles. The second-order valence-corrected chi connectivity index (χ2v) is 5.35. The zero-order chi connectivity index (χ0) is 10.9. The van der Waals surface area contributed by atoms with E-state index in [0.29, 0.717) is 10.8 Å². The van der Waals surface area contributed by atoms with Gasteiger partial charge in [-0.1, -0.05) is 0 Å². The van der Waals surface area contributed by atoms with Gasteiger partial charge in [-0.2, -0.15) is 0 Å². The third-order valence-electron chi connectivity index (χ3n) is 1.11. The quantitative estimate of drug-likeness (QED) is 0.400. The smallest absolute Gasteiger partial charge is 0.403 e. The van der Waals surface area contributed by atoms with Gasteiger partial charge < -0.3 is 4.74 Å². The molecule has 1 aromatic rings. The SMILES string of the molecule is FC(F)(F)Oc1c(I)cnc(I)c1I. The van der Waals surface area contributed by atoms with Crippen molar-refractivity contribution in [3.05, 3.63) is 17.0 Å². The van der Waals surface area contributed by atoms with Gasteiger partial charge in [0, 0.05) is 6.20 Å². The van der Waals surface area contributed by atoms with Gasteiger partial charge in [-0.05, 0) is 67.8 Å². The molecule has 0 N–H and O–H groups in total. The molecule has 0 saturated heterocycles. The highest BCUT2D eigenvalue weighted by Gasteiger charge is 2.33. The highest BCUT2D eigenvalue weighted by molar-refractivity contribution is 14.1. The molecule has 0 aromatic carbocycles. The molecule has 0 atom stereocenters. The number of rotatable bonds is 1. The van der Waals surface area contributed by atoms with Crippen LogP contribution >= 0.6 is 67.8 Å². The van der Waals surface area contributed by atoms with Gasteiger partial charge in [-0.25, -0.2) is 4.98 Å². The number of nitrogens with zero attached hydrogens (tertiary/aromatic N) is 1. The summed E-state index contributed by atoms with van der Waals surface area (Å²) in [4.78, 5) is 3.89. The molecule has 0 unspecified atom stereocenters. The molecular formula is C6HF3I3NO. The average Bonchev–Trinajstić information content (AvgIpc) is 2.04. The first-order valence-corrected chi connectivity index (χ1v) is 6.30.